The number of rotatable bonds is 8. The summed E-state index contributed by atoms with van der Waals surface area (Å²) < 4.78 is 0. The molecule has 0 aliphatic carbocycles. The summed E-state index contributed by atoms with van der Waals surface area (Å²) >= 11 is 1.74. The van der Waals surface area contributed by atoms with Crippen molar-refractivity contribution in [3.8, 4) is 0 Å². The van der Waals surface area contributed by atoms with E-state index in [1.54, 1.807) is 11.8 Å². The molecule has 156 valence electrons. The number of nitrogens with one attached hydrogen (secondary N) is 3. The third-order valence-electron chi connectivity index (χ3n) is 5.52. The third kappa shape index (κ3) is 4.67. The number of aromatic nitrogens is 2. The van der Waals surface area contributed by atoms with Gasteiger partial charge in [-0.05, 0) is 55.0 Å². The van der Waals surface area contributed by atoms with Crippen LogP contribution >= 0.6 is 11.8 Å². The highest BCUT2D eigenvalue weighted by molar-refractivity contribution is 7.98. The highest BCUT2D eigenvalue weighted by atomic mass is 32.2. The molecule has 7 heteroatoms. The smallest absolute Gasteiger partial charge is 0.227 e. The van der Waals surface area contributed by atoms with E-state index in [1.807, 2.05) is 48.5 Å². The Morgan fingerprint density at radius 3 is 2.87 bits per heavy atom. The highest BCUT2D eigenvalue weighted by Gasteiger charge is 2.27. The number of anilines is 1. The molecule has 1 aliphatic heterocycles. The molecular weight excluding hydrogens is 396 g/mol. The van der Waals surface area contributed by atoms with E-state index in [0.29, 0.717) is 19.3 Å². The number of carbonyl (C=O) groups is 2. The van der Waals surface area contributed by atoms with Gasteiger partial charge in [-0.15, -0.1) is 0 Å². The van der Waals surface area contributed by atoms with Gasteiger partial charge < -0.3 is 15.6 Å². The molecule has 0 fully saturated rings. The van der Waals surface area contributed by atoms with Gasteiger partial charge in [0, 0.05) is 18.0 Å². The lowest BCUT2D eigenvalue weighted by atomic mass is 9.89. The van der Waals surface area contributed by atoms with Crippen LogP contribution in [0.3, 0.4) is 0 Å². The van der Waals surface area contributed by atoms with Crippen LogP contribution in [0.4, 0.5) is 5.69 Å². The van der Waals surface area contributed by atoms with Crippen LogP contribution in [0, 0.1) is 5.92 Å². The van der Waals surface area contributed by atoms with Crippen LogP contribution in [0.15, 0.2) is 48.5 Å². The van der Waals surface area contributed by atoms with E-state index in [0.717, 1.165) is 40.3 Å². The summed E-state index contributed by atoms with van der Waals surface area (Å²) in [5, 5.41) is 6.08. The number of imidazole rings is 1. The summed E-state index contributed by atoms with van der Waals surface area (Å²) in [7, 11) is 0. The maximum Gasteiger partial charge on any atom is 0.227 e. The minimum absolute atomic E-state index is 0.00211. The summed E-state index contributed by atoms with van der Waals surface area (Å²) in [5.41, 5.74) is 3.87. The molecule has 3 aromatic rings. The fraction of sp³-hybridized carbons (Fsp3) is 0.348. The lowest BCUT2D eigenvalue weighted by Gasteiger charge is -2.24. The summed E-state index contributed by atoms with van der Waals surface area (Å²) in [6.07, 6.45) is 4.37. The quantitative estimate of drug-likeness (QED) is 0.511. The zero-order chi connectivity index (χ0) is 20.9. The molecule has 0 radical (unpaired) electrons. The Hall–Kier alpha value is -2.80. The molecule has 4 rings (SSSR count). The van der Waals surface area contributed by atoms with Crippen molar-refractivity contribution in [1.29, 1.82) is 0 Å². The van der Waals surface area contributed by atoms with E-state index in [4.69, 9.17) is 0 Å². The fourth-order valence-electron chi connectivity index (χ4n) is 3.87. The van der Waals surface area contributed by atoms with Crippen molar-refractivity contribution < 1.29 is 9.59 Å². The van der Waals surface area contributed by atoms with Gasteiger partial charge in [0.05, 0.1) is 17.1 Å². The first-order valence-corrected chi connectivity index (χ1v) is 11.6. The zero-order valence-electron chi connectivity index (χ0n) is 17.0. The number of H-pyrrole nitrogens is 1. The fourth-order valence-corrected chi connectivity index (χ4v) is 4.34. The van der Waals surface area contributed by atoms with Crippen molar-refractivity contribution in [2.75, 3.05) is 17.3 Å². The maximum atomic E-state index is 12.7. The highest BCUT2D eigenvalue weighted by Crippen LogP contribution is 2.28. The third-order valence-corrected chi connectivity index (χ3v) is 6.16. The Labute approximate surface area is 180 Å². The second-order valence-electron chi connectivity index (χ2n) is 7.63. The van der Waals surface area contributed by atoms with Crippen molar-refractivity contribution in [2.45, 2.75) is 31.7 Å². The van der Waals surface area contributed by atoms with Gasteiger partial charge in [0.25, 0.3) is 0 Å². The second kappa shape index (κ2) is 9.34. The van der Waals surface area contributed by atoms with E-state index in [2.05, 4.69) is 26.9 Å². The van der Waals surface area contributed by atoms with Crippen LogP contribution in [-0.2, 0) is 16.0 Å². The average molecular weight is 423 g/mol. The molecule has 2 amide bonds. The standard InChI is InChI=1S/C23H26N4O2S/c1-30-13-12-20(22-25-18-8-4-5-9-19(18)26-22)24-21(28)11-10-16-14-15-6-2-3-7-17(15)27-23(16)29/h2-9,16,20H,10-14H2,1H3,(H,24,28)(H,25,26)(H,27,29)/t16-,20+/m0/s1. The monoisotopic (exact) mass is 422 g/mol. The Morgan fingerprint density at radius 2 is 2.03 bits per heavy atom. The lowest BCUT2D eigenvalue weighted by molar-refractivity contribution is -0.123. The number of para-hydroxylation sites is 3. The molecule has 1 aliphatic rings. The molecule has 0 unspecified atom stereocenters. The van der Waals surface area contributed by atoms with Crippen molar-refractivity contribution in [2.24, 2.45) is 5.92 Å². The van der Waals surface area contributed by atoms with Crippen molar-refractivity contribution in [3.05, 3.63) is 59.9 Å². The van der Waals surface area contributed by atoms with E-state index in [9.17, 15) is 9.59 Å². The van der Waals surface area contributed by atoms with Gasteiger partial charge in [-0.3, -0.25) is 9.59 Å². The van der Waals surface area contributed by atoms with E-state index in [-0.39, 0.29) is 23.8 Å². The van der Waals surface area contributed by atoms with Crippen molar-refractivity contribution >= 4 is 40.3 Å². The van der Waals surface area contributed by atoms with Crippen LogP contribution < -0.4 is 10.6 Å². The Bertz CT molecular complexity index is 1020. The number of fused-ring (bicyclic) bond motifs is 2. The van der Waals surface area contributed by atoms with Crippen molar-refractivity contribution in [1.82, 2.24) is 15.3 Å². The summed E-state index contributed by atoms with van der Waals surface area (Å²) in [6, 6.07) is 15.5. The molecule has 0 saturated heterocycles. The first-order valence-electron chi connectivity index (χ1n) is 10.3. The van der Waals surface area contributed by atoms with Crippen molar-refractivity contribution in [3.63, 3.8) is 0 Å². The van der Waals surface area contributed by atoms with Gasteiger partial charge in [-0.25, -0.2) is 4.98 Å². The number of hydrogen-bond donors (Lipinski definition) is 3. The number of carbonyl (C=O) groups excluding carboxylic acids is 2. The van der Waals surface area contributed by atoms with Gasteiger partial charge in [-0.2, -0.15) is 11.8 Å². The summed E-state index contributed by atoms with van der Waals surface area (Å²) in [6.45, 7) is 0. The Kier molecular flexibility index (Phi) is 6.38. The van der Waals surface area contributed by atoms with Gasteiger partial charge in [-0.1, -0.05) is 30.3 Å². The molecular formula is C23H26N4O2S. The maximum absolute atomic E-state index is 12.7. The average Bonchev–Trinajstić information content (AvgIpc) is 3.19. The largest absolute Gasteiger partial charge is 0.346 e. The van der Waals surface area contributed by atoms with E-state index >= 15 is 0 Å². The van der Waals surface area contributed by atoms with Crippen LogP contribution in [0.2, 0.25) is 0 Å². The molecule has 1 aromatic heterocycles. The Balaban J connectivity index is 1.38. The normalized spacial score (nSPS) is 16.7. The predicted molar refractivity (Wildman–Crippen MR) is 121 cm³/mol. The zero-order valence-corrected chi connectivity index (χ0v) is 17.8. The summed E-state index contributed by atoms with van der Waals surface area (Å²) in [5.74, 6) is 1.47. The molecule has 2 aromatic carbocycles. The molecule has 30 heavy (non-hydrogen) atoms. The van der Waals surface area contributed by atoms with Gasteiger partial charge in [0.2, 0.25) is 11.8 Å². The number of hydrogen-bond acceptors (Lipinski definition) is 4. The molecule has 0 spiro atoms. The number of thioether (sulfide) groups is 1. The van der Waals surface area contributed by atoms with Crippen LogP contribution in [0.25, 0.3) is 11.0 Å². The minimum atomic E-state index is -0.179. The number of amides is 2. The van der Waals surface area contributed by atoms with E-state index in [1.165, 1.54) is 0 Å². The minimum Gasteiger partial charge on any atom is -0.346 e. The van der Waals surface area contributed by atoms with Crippen LogP contribution in [0.5, 0.6) is 0 Å². The molecule has 2 atom stereocenters. The number of benzene rings is 2. The second-order valence-corrected chi connectivity index (χ2v) is 8.61. The molecule has 2 heterocycles. The molecule has 0 bridgehead atoms. The lowest BCUT2D eigenvalue weighted by Crippen LogP contribution is -2.33. The topological polar surface area (TPSA) is 86.9 Å². The van der Waals surface area contributed by atoms with Gasteiger partial charge in [0.1, 0.15) is 5.82 Å². The van der Waals surface area contributed by atoms with Crippen LogP contribution in [0.1, 0.15) is 36.7 Å². The first-order chi connectivity index (χ1) is 14.6. The molecule has 3 N–H and O–H groups in total. The molecule has 6 nitrogen and oxygen atoms in total. The first kappa shape index (κ1) is 20.5. The Morgan fingerprint density at radius 1 is 1.23 bits per heavy atom. The van der Waals surface area contributed by atoms with Gasteiger partial charge in [0.15, 0.2) is 0 Å². The molecule has 0 saturated carbocycles. The predicted octanol–water partition coefficient (Wildman–Crippen LogP) is 4.06. The summed E-state index contributed by atoms with van der Waals surface area (Å²) in [4.78, 5) is 33.1. The number of aromatic amines is 1. The number of nitrogens with zero attached hydrogens (tertiary/aromatic N) is 1. The van der Waals surface area contributed by atoms with Crippen LogP contribution in [-0.4, -0.2) is 33.8 Å². The van der Waals surface area contributed by atoms with Gasteiger partial charge >= 0.3 is 0 Å². The SMILES string of the molecule is CSCC[C@@H](NC(=O)CC[C@H]1Cc2ccccc2NC1=O)c1nc2ccccc2[nH]1. The van der Waals surface area contributed by atoms with E-state index < -0.39 is 0 Å².